The summed E-state index contributed by atoms with van der Waals surface area (Å²) in [6.07, 6.45) is 0. The summed E-state index contributed by atoms with van der Waals surface area (Å²) >= 11 is 0. The number of rotatable bonds is 3. The second kappa shape index (κ2) is 7.40. The van der Waals surface area contributed by atoms with Gasteiger partial charge in [0.1, 0.15) is 5.58 Å². The Morgan fingerprint density at radius 1 is 0.828 bits per heavy atom. The van der Waals surface area contributed by atoms with Crippen molar-refractivity contribution in [3.8, 4) is 11.1 Å². The van der Waals surface area contributed by atoms with Crippen LogP contribution in [0.4, 0.5) is 5.69 Å². The predicted molar refractivity (Wildman–Crippen MR) is 117 cm³/mol. The highest BCUT2D eigenvalue weighted by Gasteiger charge is 2.12. The van der Waals surface area contributed by atoms with E-state index < -0.39 is 0 Å². The van der Waals surface area contributed by atoms with Crippen LogP contribution in [0.3, 0.4) is 0 Å². The smallest absolute Gasteiger partial charge is 0.344 e. The van der Waals surface area contributed by atoms with Crippen molar-refractivity contribution in [2.45, 2.75) is 20.8 Å². The molecule has 0 spiro atoms. The number of nitrogens with one attached hydrogen (secondary N) is 1. The van der Waals surface area contributed by atoms with Crippen LogP contribution in [0.25, 0.3) is 22.1 Å². The predicted octanol–water partition coefficient (Wildman–Crippen LogP) is 5.64. The van der Waals surface area contributed by atoms with E-state index in [2.05, 4.69) is 5.32 Å². The van der Waals surface area contributed by atoms with Crippen LogP contribution >= 0.6 is 0 Å². The van der Waals surface area contributed by atoms with Crippen LogP contribution in [0, 0.1) is 20.8 Å². The molecule has 0 atom stereocenters. The fourth-order valence-electron chi connectivity index (χ4n) is 3.60. The number of fused-ring (bicyclic) bond motifs is 1. The summed E-state index contributed by atoms with van der Waals surface area (Å²) in [5.74, 6) is -0.158. The van der Waals surface area contributed by atoms with Gasteiger partial charge in [-0.15, -0.1) is 0 Å². The quantitative estimate of drug-likeness (QED) is 0.466. The van der Waals surface area contributed by atoms with Crippen LogP contribution in [0.5, 0.6) is 0 Å². The summed E-state index contributed by atoms with van der Waals surface area (Å²) in [7, 11) is 0. The Morgan fingerprint density at radius 3 is 2.28 bits per heavy atom. The van der Waals surface area contributed by atoms with Gasteiger partial charge >= 0.3 is 5.63 Å². The van der Waals surface area contributed by atoms with Crippen LogP contribution in [-0.2, 0) is 0 Å². The number of hydrogen-bond acceptors (Lipinski definition) is 3. The Labute approximate surface area is 168 Å². The lowest BCUT2D eigenvalue weighted by atomic mass is 10.00. The molecular formula is C25H21NO3. The average Bonchev–Trinajstić information content (AvgIpc) is 2.67. The van der Waals surface area contributed by atoms with Crippen molar-refractivity contribution >= 4 is 22.6 Å². The maximum Gasteiger partial charge on any atom is 0.344 e. The zero-order valence-electron chi connectivity index (χ0n) is 16.6. The molecule has 0 radical (unpaired) electrons. The number of aryl methyl sites for hydroxylation is 3. The topological polar surface area (TPSA) is 59.3 Å². The highest BCUT2D eigenvalue weighted by atomic mass is 16.4. The maximum atomic E-state index is 12.6. The molecule has 0 aliphatic rings. The number of anilines is 1. The van der Waals surface area contributed by atoms with Gasteiger partial charge in [0.15, 0.2) is 0 Å². The maximum absolute atomic E-state index is 12.6. The van der Waals surface area contributed by atoms with E-state index in [-0.39, 0.29) is 11.5 Å². The first kappa shape index (κ1) is 18.7. The van der Waals surface area contributed by atoms with Gasteiger partial charge in [0, 0.05) is 16.6 Å². The van der Waals surface area contributed by atoms with Gasteiger partial charge in [-0.25, -0.2) is 4.79 Å². The van der Waals surface area contributed by atoms with E-state index >= 15 is 0 Å². The standard InChI is InChI=1S/C25H21NO3/c1-15-10-16(2)12-19(11-15)24(27)26-20-8-9-21(17(3)13-20)22-14-18-6-4-5-7-23(18)29-25(22)28/h4-14H,1-3H3,(H,26,27). The second-order valence-corrected chi connectivity index (χ2v) is 7.35. The molecule has 4 rings (SSSR count). The monoisotopic (exact) mass is 383 g/mol. The molecule has 1 amide bonds. The molecule has 0 aliphatic carbocycles. The van der Waals surface area contributed by atoms with Gasteiger partial charge in [-0.2, -0.15) is 0 Å². The van der Waals surface area contributed by atoms with E-state index in [1.165, 1.54) is 0 Å². The van der Waals surface area contributed by atoms with Crippen LogP contribution < -0.4 is 10.9 Å². The van der Waals surface area contributed by atoms with Gasteiger partial charge in [-0.05, 0) is 68.3 Å². The Bertz CT molecular complexity index is 1280. The van der Waals surface area contributed by atoms with E-state index in [1.807, 2.05) is 75.4 Å². The fourth-order valence-corrected chi connectivity index (χ4v) is 3.60. The largest absolute Gasteiger partial charge is 0.422 e. The van der Waals surface area contributed by atoms with Crippen molar-refractivity contribution in [3.63, 3.8) is 0 Å². The summed E-state index contributed by atoms with van der Waals surface area (Å²) in [4.78, 5) is 25.1. The Balaban J connectivity index is 1.65. The van der Waals surface area contributed by atoms with E-state index in [9.17, 15) is 9.59 Å². The first-order chi connectivity index (χ1) is 13.9. The number of para-hydroxylation sites is 1. The van der Waals surface area contributed by atoms with E-state index in [4.69, 9.17) is 4.42 Å². The van der Waals surface area contributed by atoms with Crippen molar-refractivity contribution in [2.24, 2.45) is 0 Å². The highest BCUT2D eigenvalue weighted by molar-refractivity contribution is 6.04. The van der Waals surface area contributed by atoms with E-state index in [1.54, 1.807) is 12.1 Å². The van der Waals surface area contributed by atoms with Crippen molar-refractivity contribution < 1.29 is 9.21 Å². The summed E-state index contributed by atoms with van der Waals surface area (Å²) in [6.45, 7) is 5.85. The van der Waals surface area contributed by atoms with Crippen molar-refractivity contribution in [1.29, 1.82) is 0 Å². The van der Waals surface area contributed by atoms with Crippen LogP contribution in [0.2, 0.25) is 0 Å². The molecule has 1 heterocycles. The molecule has 4 nitrogen and oxygen atoms in total. The van der Waals surface area contributed by atoms with Gasteiger partial charge in [-0.3, -0.25) is 4.79 Å². The van der Waals surface area contributed by atoms with Gasteiger partial charge < -0.3 is 9.73 Å². The lowest BCUT2D eigenvalue weighted by molar-refractivity contribution is 0.102. The number of carbonyl (C=O) groups excluding carboxylic acids is 1. The second-order valence-electron chi connectivity index (χ2n) is 7.35. The third kappa shape index (κ3) is 3.83. The summed E-state index contributed by atoms with van der Waals surface area (Å²) in [5.41, 5.74) is 5.76. The summed E-state index contributed by atoms with van der Waals surface area (Å²) in [6, 6.07) is 20.5. The molecule has 1 N–H and O–H groups in total. The molecule has 144 valence electrons. The van der Waals surface area contributed by atoms with Crippen LogP contribution in [0.15, 0.2) is 75.9 Å². The zero-order chi connectivity index (χ0) is 20.5. The van der Waals surface area contributed by atoms with Crippen LogP contribution in [0.1, 0.15) is 27.0 Å². The molecule has 3 aromatic carbocycles. The third-order valence-corrected chi connectivity index (χ3v) is 4.90. The normalized spacial score (nSPS) is 10.9. The van der Waals surface area contributed by atoms with Crippen LogP contribution in [-0.4, -0.2) is 5.91 Å². The highest BCUT2D eigenvalue weighted by Crippen LogP contribution is 2.26. The molecule has 0 bridgehead atoms. The minimum Gasteiger partial charge on any atom is -0.422 e. The molecule has 4 heteroatoms. The van der Waals surface area contributed by atoms with E-state index in [0.29, 0.717) is 22.4 Å². The minimum atomic E-state index is -0.376. The van der Waals surface area contributed by atoms with Gasteiger partial charge in [-0.1, -0.05) is 41.5 Å². The number of amides is 1. The molecule has 29 heavy (non-hydrogen) atoms. The molecule has 4 aromatic rings. The lowest BCUT2D eigenvalue weighted by Gasteiger charge is -2.11. The molecule has 0 aliphatic heterocycles. The lowest BCUT2D eigenvalue weighted by Crippen LogP contribution is -2.12. The molecule has 0 saturated carbocycles. The van der Waals surface area contributed by atoms with Gasteiger partial charge in [0.2, 0.25) is 0 Å². The summed E-state index contributed by atoms with van der Waals surface area (Å²) in [5, 5.41) is 3.81. The minimum absolute atomic E-state index is 0.158. The van der Waals surface area contributed by atoms with Gasteiger partial charge in [0.05, 0.1) is 5.56 Å². The fraction of sp³-hybridized carbons (Fsp3) is 0.120. The molecular weight excluding hydrogens is 362 g/mol. The Kier molecular flexibility index (Phi) is 4.77. The van der Waals surface area contributed by atoms with Crippen molar-refractivity contribution in [3.05, 3.63) is 99.4 Å². The van der Waals surface area contributed by atoms with Gasteiger partial charge in [0.25, 0.3) is 5.91 Å². The molecule has 0 saturated heterocycles. The number of carbonyl (C=O) groups is 1. The third-order valence-electron chi connectivity index (χ3n) is 4.90. The molecule has 1 aromatic heterocycles. The first-order valence-corrected chi connectivity index (χ1v) is 9.44. The van der Waals surface area contributed by atoms with E-state index in [0.717, 1.165) is 27.6 Å². The number of benzene rings is 3. The van der Waals surface area contributed by atoms with Crippen molar-refractivity contribution in [2.75, 3.05) is 5.32 Å². The SMILES string of the molecule is Cc1cc(C)cc(C(=O)Nc2ccc(-c3cc4ccccc4oc3=O)c(C)c2)c1. The summed E-state index contributed by atoms with van der Waals surface area (Å²) < 4.78 is 5.45. The first-order valence-electron chi connectivity index (χ1n) is 9.44. The Hall–Kier alpha value is -3.66. The molecule has 0 fully saturated rings. The van der Waals surface area contributed by atoms with Crippen molar-refractivity contribution in [1.82, 2.24) is 0 Å². The number of hydrogen-bond donors (Lipinski definition) is 1. The average molecular weight is 383 g/mol. The molecule has 0 unspecified atom stereocenters. The Morgan fingerprint density at radius 2 is 1.55 bits per heavy atom. The zero-order valence-corrected chi connectivity index (χ0v) is 16.6.